The first kappa shape index (κ1) is 12.2. The number of halogens is 1. The zero-order chi connectivity index (χ0) is 11.3. The molecule has 1 rings (SSSR count). The molecule has 0 saturated heterocycles. The fourth-order valence-corrected chi connectivity index (χ4v) is 1.66. The van der Waals surface area contributed by atoms with Gasteiger partial charge in [0.15, 0.2) is 0 Å². The number of nitrogens with zero attached hydrogens (tertiary/aromatic N) is 1. The standard InChI is InChI=1S/C11H15BrN2O/c1-11(2,14-10(15)5-6-12)9-4-3-7-13-8-9/h3-4,7-8H,5-6H2,1-2H3,(H,14,15). The summed E-state index contributed by atoms with van der Waals surface area (Å²) in [7, 11) is 0. The number of aromatic nitrogens is 1. The Balaban J connectivity index is 2.71. The summed E-state index contributed by atoms with van der Waals surface area (Å²) in [6, 6.07) is 3.83. The quantitative estimate of drug-likeness (QED) is 0.853. The maximum absolute atomic E-state index is 11.5. The average Bonchev–Trinajstić information content (AvgIpc) is 2.18. The third-order valence-electron chi connectivity index (χ3n) is 2.16. The Hall–Kier alpha value is -0.900. The molecule has 0 radical (unpaired) electrons. The van der Waals surface area contributed by atoms with Gasteiger partial charge in [-0.1, -0.05) is 22.0 Å². The lowest BCUT2D eigenvalue weighted by atomic mass is 9.96. The summed E-state index contributed by atoms with van der Waals surface area (Å²) in [5.41, 5.74) is 0.640. The minimum Gasteiger partial charge on any atom is -0.347 e. The number of hydrogen-bond acceptors (Lipinski definition) is 2. The van der Waals surface area contributed by atoms with E-state index in [1.807, 2.05) is 26.0 Å². The van der Waals surface area contributed by atoms with Gasteiger partial charge in [-0.2, -0.15) is 0 Å². The molecule has 1 aromatic rings. The summed E-state index contributed by atoms with van der Waals surface area (Å²) in [4.78, 5) is 15.5. The summed E-state index contributed by atoms with van der Waals surface area (Å²) in [5, 5.41) is 3.65. The van der Waals surface area contributed by atoms with E-state index in [4.69, 9.17) is 0 Å². The number of alkyl halides is 1. The highest BCUT2D eigenvalue weighted by atomic mass is 79.9. The van der Waals surface area contributed by atoms with Gasteiger partial charge in [-0.3, -0.25) is 9.78 Å². The average molecular weight is 271 g/mol. The molecule has 1 amide bonds. The SMILES string of the molecule is CC(C)(NC(=O)CCBr)c1cccnc1. The molecular weight excluding hydrogens is 256 g/mol. The topological polar surface area (TPSA) is 42.0 Å². The smallest absolute Gasteiger partial charge is 0.221 e. The van der Waals surface area contributed by atoms with E-state index >= 15 is 0 Å². The second-order valence-electron chi connectivity index (χ2n) is 3.85. The molecule has 3 nitrogen and oxygen atoms in total. The largest absolute Gasteiger partial charge is 0.347 e. The van der Waals surface area contributed by atoms with Gasteiger partial charge >= 0.3 is 0 Å². The van der Waals surface area contributed by atoms with E-state index in [0.29, 0.717) is 11.8 Å². The number of amides is 1. The first-order valence-electron chi connectivity index (χ1n) is 4.84. The number of rotatable bonds is 4. The van der Waals surface area contributed by atoms with Gasteiger partial charge < -0.3 is 5.32 Å². The minimum atomic E-state index is -0.368. The maximum atomic E-state index is 11.5. The molecule has 1 N–H and O–H groups in total. The van der Waals surface area contributed by atoms with Crippen LogP contribution in [0.1, 0.15) is 25.8 Å². The van der Waals surface area contributed by atoms with Crippen molar-refractivity contribution in [3.8, 4) is 0 Å². The Morgan fingerprint density at radius 2 is 2.33 bits per heavy atom. The molecule has 0 aliphatic rings. The van der Waals surface area contributed by atoms with Gasteiger partial charge in [-0.05, 0) is 25.5 Å². The molecule has 0 bridgehead atoms. The van der Waals surface area contributed by atoms with Crippen LogP contribution in [0, 0.1) is 0 Å². The van der Waals surface area contributed by atoms with E-state index in [0.717, 1.165) is 5.56 Å². The number of pyridine rings is 1. The Morgan fingerprint density at radius 1 is 1.60 bits per heavy atom. The fraction of sp³-hybridized carbons (Fsp3) is 0.455. The molecule has 1 heterocycles. The molecule has 0 saturated carbocycles. The lowest BCUT2D eigenvalue weighted by Crippen LogP contribution is -2.41. The predicted octanol–water partition coefficient (Wildman–Crippen LogP) is 2.22. The minimum absolute atomic E-state index is 0.0423. The van der Waals surface area contributed by atoms with Gasteiger partial charge in [0.1, 0.15) is 0 Å². The summed E-state index contributed by atoms with van der Waals surface area (Å²) in [6.45, 7) is 3.94. The second kappa shape index (κ2) is 5.26. The van der Waals surface area contributed by atoms with Crippen LogP contribution in [0.25, 0.3) is 0 Å². The van der Waals surface area contributed by atoms with E-state index in [2.05, 4.69) is 26.2 Å². The van der Waals surface area contributed by atoms with Crippen molar-refractivity contribution in [3.63, 3.8) is 0 Å². The van der Waals surface area contributed by atoms with Gasteiger partial charge in [-0.25, -0.2) is 0 Å². The molecule has 1 aromatic heterocycles. The van der Waals surface area contributed by atoms with E-state index < -0.39 is 0 Å². The predicted molar refractivity (Wildman–Crippen MR) is 63.8 cm³/mol. The van der Waals surface area contributed by atoms with E-state index in [-0.39, 0.29) is 11.4 Å². The van der Waals surface area contributed by atoms with Crippen molar-refractivity contribution in [2.45, 2.75) is 25.8 Å². The van der Waals surface area contributed by atoms with Crippen LogP contribution in [0.4, 0.5) is 0 Å². The highest BCUT2D eigenvalue weighted by molar-refractivity contribution is 9.09. The van der Waals surface area contributed by atoms with Crippen molar-refractivity contribution >= 4 is 21.8 Å². The Kier molecular flexibility index (Phi) is 4.27. The molecule has 0 fully saturated rings. The zero-order valence-electron chi connectivity index (χ0n) is 8.96. The maximum Gasteiger partial charge on any atom is 0.221 e. The van der Waals surface area contributed by atoms with Crippen molar-refractivity contribution in [1.29, 1.82) is 0 Å². The summed E-state index contributed by atoms with van der Waals surface area (Å²) in [5.74, 6) is 0.0423. The lowest BCUT2D eigenvalue weighted by Gasteiger charge is -2.26. The molecule has 4 heteroatoms. The molecule has 0 unspecified atom stereocenters. The normalized spacial score (nSPS) is 11.1. The van der Waals surface area contributed by atoms with Gasteiger partial charge in [0, 0.05) is 24.1 Å². The van der Waals surface area contributed by atoms with Crippen LogP contribution in [0.5, 0.6) is 0 Å². The summed E-state index contributed by atoms with van der Waals surface area (Å²) >= 11 is 3.24. The van der Waals surface area contributed by atoms with Crippen molar-refractivity contribution in [2.24, 2.45) is 0 Å². The van der Waals surface area contributed by atoms with Gasteiger partial charge in [0.05, 0.1) is 5.54 Å². The summed E-state index contributed by atoms with van der Waals surface area (Å²) in [6.07, 6.45) is 3.98. The van der Waals surface area contributed by atoms with Gasteiger partial charge in [-0.15, -0.1) is 0 Å². The van der Waals surface area contributed by atoms with Crippen LogP contribution in [0.15, 0.2) is 24.5 Å². The molecule has 0 aromatic carbocycles. The lowest BCUT2D eigenvalue weighted by molar-refractivity contribution is -0.122. The molecule has 15 heavy (non-hydrogen) atoms. The number of carbonyl (C=O) groups excluding carboxylic acids is 1. The van der Waals surface area contributed by atoms with Crippen molar-refractivity contribution in [2.75, 3.05) is 5.33 Å². The Bertz CT molecular complexity index is 325. The van der Waals surface area contributed by atoms with Crippen LogP contribution < -0.4 is 5.32 Å². The Labute approximate surface area is 98.4 Å². The van der Waals surface area contributed by atoms with Crippen LogP contribution in [-0.4, -0.2) is 16.2 Å². The number of carbonyl (C=O) groups is 1. The fourth-order valence-electron chi connectivity index (χ4n) is 1.30. The van der Waals surface area contributed by atoms with Crippen molar-refractivity contribution < 1.29 is 4.79 Å². The number of nitrogens with one attached hydrogen (secondary N) is 1. The third-order valence-corrected chi connectivity index (χ3v) is 2.55. The van der Waals surface area contributed by atoms with E-state index in [1.54, 1.807) is 12.4 Å². The van der Waals surface area contributed by atoms with Crippen molar-refractivity contribution in [1.82, 2.24) is 10.3 Å². The number of hydrogen-bond donors (Lipinski definition) is 1. The van der Waals surface area contributed by atoms with Gasteiger partial charge in [0.25, 0.3) is 0 Å². The van der Waals surface area contributed by atoms with Gasteiger partial charge in [0.2, 0.25) is 5.91 Å². The van der Waals surface area contributed by atoms with Crippen LogP contribution in [0.3, 0.4) is 0 Å². The van der Waals surface area contributed by atoms with E-state index in [9.17, 15) is 4.79 Å². The highest BCUT2D eigenvalue weighted by Crippen LogP contribution is 2.18. The summed E-state index contributed by atoms with van der Waals surface area (Å²) < 4.78 is 0. The third kappa shape index (κ3) is 3.63. The molecule has 0 atom stereocenters. The van der Waals surface area contributed by atoms with Crippen molar-refractivity contribution in [3.05, 3.63) is 30.1 Å². The molecule has 0 aliphatic heterocycles. The second-order valence-corrected chi connectivity index (χ2v) is 4.65. The monoisotopic (exact) mass is 270 g/mol. The van der Waals surface area contributed by atoms with Crippen LogP contribution in [-0.2, 0) is 10.3 Å². The zero-order valence-corrected chi connectivity index (χ0v) is 10.5. The highest BCUT2D eigenvalue weighted by Gasteiger charge is 2.22. The molecule has 0 spiro atoms. The first-order chi connectivity index (χ1) is 7.06. The molecule has 82 valence electrons. The molecular formula is C11H15BrN2O. The van der Waals surface area contributed by atoms with Crippen LogP contribution in [0.2, 0.25) is 0 Å². The van der Waals surface area contributed by atoms with Crippen LogP contribution >= 0.6 is 15.9 Å². The Morgan fingerprint density at radius 3 is 2.87 bits per heavy atom. The van der Waals surface area contributed by atoms with E-state index in [1.165, 1.54) is 0 Å². The first-order valence-corrected chi connectivity index (χ1v) is 5.96. The molecule has 0 aliphatic carbocycles.